The van der Waals surface area contributed by atoms with Crippen molar-refractivity contribution in [2.24, 2.45) is 0 Å². The molecule has 18 aromatic carbocycles. The summed E-state index contributed by atoms with van der Waals surface area (Å²) < 4.78 is 0. The van der Waals surface area contributed by atoms with Crippen LogP contribution in [0.25, 0.3) is 184 Å². The molecule has 0 atom stereocenters. The van der Waals surface area contributed by atoms with E-state index in [0.29, 0.717) is 0 Å². The van der Waals surface area contributed by atoms with Gasteiger partial charge in [0.05, 0.1) is 0 Å². The van der Waals surface area contributed by atoms with Crippen molar-refractivity contribution < 1.29 is 0 Å². The fraction of sp³-hybridized carbons (Fsp3) is 0.0411. The van der Waals surface area contributed by atoms with Gasteiger partial charge in [0.1, 0.15) is 0 Å². The third kappa shape index (κ3) is 4.45. The van der Waals surface area contributed by atoms with E-state index >= 15 is 0 Å². The molecule has 73 heavy (non-hydrogen) atoms. The highest BCUT2D eigenvalue weighted by molar-refractivity contribution is 6.53. The quantitative estimate of drug-likeness (QED) is 0.122. The summed E-state index contributed by atoms with van der Waals surface area (Å²) in [5.41, 5.74) is 11.9. The molecule has 0 aromatic heterocycles. The molecule has 0 aliphatic heterocycles. The molecule has 0 heterocycles. The van der Waals surface area contributed by atoms with E-state index in [9.17, 15) is 0 Å². The lowest BCUT2D eigenvalue weighted by Crippen LogP contribution is -1.91. The molecule has 334 valence electrons. The van der Waals surface area contributed by atoms with Crippen molar-refractivity contribution in [2.45, 2.75) is 20.8 Å². The monoisotopic (exact) mass is 918 g/mol. The van der Waals surface area contributed by atoms with Crippen LogP contribution < -0.4 is 0 Å². The molecular weight excluding hydrogens is 877 g/mol. The second kappa shape index (κ2) is 13.2. The van der Waals surface area contributed by atoms with Crippen LogP contribution in [-0.2, 0) is 0 Å². The Morgan fingerprint density at radius 1 is 0.164 bits per heavy atom. The van der Waals surface area contributed by atoms with Gasteiger partial charge in [-0.15, -0.1) is 0 Å². The fourth-order valence-electron chi connectivity index (χ4n) is 15.2. The topological polar surface area (TPSA) is 0 Å². The molecule has 18 aromatic rings. The van der Waals surface area contributed by atoms with Gasteiger partial charge >= 0.3 is 0 Å². The summed E-state index contributed by atoms with van der Waals surface area (Å²) in [4.78, 5) is 0. The van der Waals surface area contributed by atoms with E-state index in [1.807, 2.05) is 0 Å². The standard InChI is InChI=1S/C73H42/c1-37-15-4-7-20-41(37)59-53-28-14-25-45-44-23-10-11-24-46(44)67(62(45)53)73-57-36-32-48-50-31-35-56-64-55(34-30-49(61(50)64)47-29-33-54(68(59)73)63(57)60(47)48)71-65(42-21-8-5-16-38(42)2)69-51-26-12-18-40-19-13-27-52(58(40)51)70(69)66(72(56)71)43-22-9-6-17-39(43)3/h4-36H,1-3H3. The fourth-order valence-corrected chi connectivity index (χ4v) is 15.2. The molecule has 0 radical (unpaired) electrons. The Labute approximate surface area is 419 Å². The van der Waals surface area contributed by atoms with Crippen molar-refractivity contribution in [1.82, 2.24) is 0 Å². The minimum atomic E-state index is 1.29. The van der Waals surface area contributed by atoms with Gasteiger partial charge in [-0.3, -0.25) is 0 Å². The molecule has 0 saturated carbocycles. The Bertz CT molecular complexity index is 5270. The molecular formula is C73H42. The summed E-state index contributed by atoms with van der Waals surface area (Å²) in [6, 6.07) is 77.1. The average Bonchev–Trinajstić information content (AvgIpc) is 4.16. The summed E-state index contributed by atoms with van der Waals surface area (Å²) in [6.45, 7) is 6.88. The van der Waals surface area contributed by atoms with Crippen LogP contribution in [-0.4, -0.2) is 0 Å². The van der Waals surface area contributed by atoms with Crippen molar-refractivity contribution >= 4 is 151 Å². The molecule has 0 heteroatoms. The van der Waals surface area contributed by atoms with Crippen LogP contribution in [0.1, 0.15) is 16.7 Å². The van der Waals surface area contributed by atoms with E-state index < -0.39 is 0 Å². The Kier molecular flexibility index (Phi) is 7.01. The molecule has 0 N–H and O–H groups in total. The van der Waals surface area contributed by atoms with E-state index in [4.69, 9.17) is 0 Å². The van der Waals surface area contributed by atoms with E-state index in [1.165, 1.54) is 201 Å². The Morgan fingerprint density at radius 3 is 0.932 bits per heavy atom. The van der Waals surface area contributed by atoms with Gasteiger partial charge in [0, 0.05) is 0 Å². The van der Waals surface area contributed by atoms with Gasteiger partial charge in [-0.05, 0) is 222 Å². The minimum absolute atomic E-state index is 1.29. The zero-order valence-corrected chi connectivity index (χ0v) is 40.6. The molecule has 0 amide bonds. The lowest BCUT2D eigenvalue weighted by atomic mass is 9.85. The van der Waals surface area contributed by atoms with Gasteiger partial charge in [0.15, 0.2) is 0 Å². The van der Waals surface area contributed by atoms with Crippen molar-refractivity contribution in [1.29, 1.82) is 0 Å². The maximum Gasteiger partial charge on any atom is -0.000696 e. The second-order valence-corrected chi connectivity index (χ2v) is 21.3. The van der Waals surface area contributed by atoms with Crippen LogP contribution in [0, 0.1) is 20.8 Å². The molecule has 0 aliphatic rings. The Balaban J connectivity index is 1.06. The van der Waals surface area contributed by atoms with Gasteiger partial charge < -0.3 is 0 Å². The summed E-state index contributed by atoms with van der Waals surface area (Å²) in [5.74, 6) is 0. The third-order valence-electron chi connectivity index (χ3n) is 18.0. The summed E-state index contributed by atoms with van der Waals surface area (Å²) >= 11 is 0. The SMILES string of the molecule is Cc1ccccc1-c1c2c3cccc4cccc(c2c(-c2ccccc2C)c2c5ccc6c7ccc8c9c(ccc(c%10ccc(c12)c5c%106)c79)c1c(-c2ccccc2C)c2cccc5c6ccccc6c(c25)c81)c43. The molecule has 0 unspecified atom stereocenters. The van der Waals surface area contributed by atoms with Gasteiger partial charge in [-0.1, -0.05) is 200 Å². The first-order chi connectivity index (χ1) is 36.0. The van der Waals surface area contributed by atoms with E-state index in [1.54, 1.807) is 0 Å². The maximum atomic E-state index is 2.50. The van der Waals surface area contributed by atoms with Gasteiger partial charge in [-0.25, -0.2) is 0 Å². The van der Waals surface area contributed by atoms with Crippen LogP contribution >= 0.6 is 0 Å². The zero-order chi connectivity index (χ0) is 47.7. The van der Waals surface area contributed by atoms with Crippen molar-refractivity contribution in [2.75, 3.05) is 0 Å². The zero-order valence-electron chi connectivity index (χ0n) is 40.6. The van der Waals surface area contributed by atoms with Gasteiger partial charge in [-0.2, -0.15) is 0 Å². The number of aryl methyl sites for hydroxylation is 3. The molecule has 18 rings (SSSR count). The molecule has 0 fully saturated rings. The first kappa shape index (κ1) is 38.6. The molecule has 0 bridgehead atoms. The molecule has 0 nitrogen and oxygen atoms in total. The molecule has 0 spiro atoms. The molecule has 0 aliphatic carbocycles. The van der Waals surface area contributed by atoms with E-state index in [0.717, 1.165) is 0 Å². The maximum absolute atomic E-state index is 2.50. The predicted molar refractivity (Wildman–Crippen MR) is 318 cm³/mol. The lowest BCUT2D eigenvalue weighted by molar-refractivity contribution is 1.47. The number of benzene rings is 14. The highest BCUT2D eigenvalue weighted by atomic mass is 14.3. The smallest absolute Gasteiger partial charge is 0.000696 e. The Hall–Kier alpha value is -9.10. The second-order valence-electron chi connectivity index (χ2n) is 21.3. The number of rotatable bonds is 3. The van der Waals surface area contributed by atoms with E-state index in [-0.39, 0.29) is 0 Å². The van der Waals surface area contributed by atoms with Gasteiger partial charge in [0.25, 0.3) is 0 Å². The van der Waals surface area contributed by atoms with Crippen molar-refractivity contribution in [3.05, 3.63) is 217 Å². The van der Waals surface area contributed by atoms with Crippen LogP contribution in [0.2, 0.25) is 0 Å². The van der Waals surface area contributed by atoms with Crippen molar-refractivity contribution in [3.63, 3.8) is 0 Å². The number of hydrogen-bond acceptors (Lipinski definition) is 0. The Morgan fingerprint density at radius 2 is 0.438 bits per heavy atom. The van der Waals surface area contributed by atoms with Crippen LogP contribution in [0.4, 0.5) is 0 Å². The predicted octanol–water partition coefficient (Wildman–Crippen LogP) is 20.9. The number of fused-ring (bicyclic) bond motifs is 15. The first-order valence-corrected chi connectivity index (χ1v) is 25.9. The summed E-state index contributed by atoms with van der Waals surface area (Å²) in [6.07, 6.45) is 0. The largest absolute Gasteiger partial charge is 0.0620 e. The first-order valence-electron chi connectivity index (χ1n) is 25.9. The van der Waals surface area contributed by atoms with Gasteiger partial charge in [0.2, 0.25) is 0 Å². The summed E-state index contributed by atoms with van der Waals surface area (Å²) in [7, 11) is 0. The number of hydrogen-bond donors (Lipinski definition) is 0. The highest BCUT2D eigenvalue weighted by Crippen LogP contribution is 2.60. The molecule has 0 saturated heterocycles. The minimum Gasteiger partial charge on any atom is -0.0620 e. The average molecular weight is 919 g/mol. The van der Waals surface area contributed by atoms with Crippen LogP contribution in [0.15, 0.2) is 200 Å². The third-order valence-corrected chi connectivity index (χ3v) is 18.0. The lowest BCUT2D eigenvalue weighted by Gasteiger charge is -2.17. The van der Waals surface area contributed by atoms with Crippen LogP contribution in [0.5, 0.6) is 0 Å². The summed E-state index contributed by atoms with van der Waals surface area (Å²) in [5, 5.41) is 37.8. The van der Waals surface area contributed by atoms with E-state index in [2.05, 4.69) is 221 Å². The highest BCUT2D eigenvalue weighted by Gasteiger charge is 2.31. The van der Waals surface area contributed by atoms with Crippen LogP contribution in [0.3, 0.4) is 0 Å². The normalized spacial score (nSPS) is 12.9. The van der Waals surface area contributed by atoms with Crippen molar-refractivity contribution in [3.8, 4) is 33.4 Å².